The quantitative estimate of drug-likeness (QED) is 0.423. The van der Waals surface area contributed by atoms with Gasteiger partial charge < -0.3 is 5.11 Å². The number of sulfonamides is 1. The summed E-state index contributed by atoms with van der Waals surface area (Å²) in [6.45, 7) is 0. The largest absolute Gasteiger partial charge is 0.480 e. The molecule has 0 unspecified atom stereocenters. The summed E-state index contributed by atoms with van der Waals surface area (Å²) < 4.78 is 39.3. The lowest BCUT2D eigenvalue weighted by atomic mass is 10.1. The number of carbonyl (C=O) groups is 1. The number of nitro benzene ring substituents is 1. The van der Waals surface area contributed by atoms with Crippen molar-refractivity contribution in [1.82, 2.24) is 9.71 Å². The molecular formula is C14H12FN3O6S. The summed E-state index contributed by atoms with van der Waals surface area (Å²) in [5, 5.41) is 19.8. The summed E-state index contributed by atoms with van der Waals surface area (Å²) in [6.07, 6.45) is 0.847. The number of carboxylic acids is 1. The fourth-order valence-electron chi connectivity index (χ4n) is 1.94. The average molecular weight is 369 g/mol. The van der Waals surface area contributed by atoms with Gasteiger partial charge in [0.1, 0.15) is 6.04 Å². The molecule has 132 valence electrons. The van der Waals surface area contributed by atoms with Crippen LogP contribution in [0.1, 0.15) is 5.56 Å². The number of benzene rings is 1. The monoisotopic (exact) mass is 369 g/mol. The minimum absolute atomic E-state index is 0.255. The van der Waals surface area contributed by atoms with Crippen molar-refractivity contribution in [3.63, 3.8) is 0 Å². The standard InChI is InChI=1S/C14H12FN3O6S/c15-13-6-1-9(8-16-13)7-12(14(19)20)17-25(23,24)11-4-2-10(3-5-11)18(21)22/h1-6,8,12,17H,7H2,(H,19,20)/t12-/m0/s1. The summed E-state index contributed by atoms with van der Waals surface area (Å²) >= 11 is 0. The van der Waals surface area contributed by atoms with Crippen LogP contribution in [-0.2, 0) is 21.2 Å². The van der Waals surface area contributed by atoms with Gasteiger partial charge in [0.25, 0.3) is 5.69 Å². The number of aliphatic carboxylic acids is 1. The lowest BCUT2D eigenvalue weighted by Crippen LogP contribution is -2.42. The van der Waals surface area contributed by atoms with E-state index in [9.17, 15) is 32.8 Å². The number of aromatic nitrogens is 1. The number of non-ortho nitro benzene ring substituents is 1. The molecule has 1 aromatic heterocycles. The summed E-state index contributed by atoms with van der Waals surface area (Å²) in [4.78, 5) is 24.3. The van der Waals surface area contributed by atoms with Crippen LogP contribution < -0.4 is 4.72 Å². The predicted molar refractivity (Wildman–Crippen MR) is 82.7 cm³/mol. The number of rotatable bonds is 7. The Balaban J connectivity index is 2.20. The molecule has 1 aromatic carbocycles. The molecule has 2 rings (SSSR count). The second-order valence-corrected chi connectivity index (χ2v) is 6.67. The molecule has 0 aliphatic carbocycles. The van der Waals surface area contributed by atoms with Gasteiger partial charge in [0.05, 0.1) is 9.82 Å². The SMILES string of the molecule is O=C(O)[C@H](Cc1ccc(F)nc1)NS(=O)(=O)c1ccc([N+](=O)[O-])cc1. The van der Waals surface area contributed by atoms with E-state index in [0.29, 0.717) is 5.56 Å². The molecule has 2 aromatic rings. The minimum atomic E-state index is -4.22. The molecule has 2 N–H and O–H groups in total. The molecule has 0 saturated heterocycles. The van der Waals surface area contributed by atoms with Crippen LogP contribution in [0.2, 0.25) is 0 Å². The first-order chi connectivity index (χ1) is 11.7. The van der Waals surface area contributed by atoms with Gasteiger partial charge in [-0.25, -0.2) is 13.4 Å². The van der Waals surface area contributed by atoms with Crippen LogP contribution in [-0.4, -0.2) is 35.4 Å². The number of nitro groups is 1. The third-order valence-corrected chi connectivity index (χ3v) is 4.67. The Morgan fingerprint density at radius 1 is 1.28 bits per heavy atom. The first kappa shape index (κ1) is 18.4. The highest BCUT2D eigenvalue weighted by Crippen LogP contribution is 2.16. The van der Waals surface area contributed by atoms with Gasteiger partial charge in [-0.05, 0) is 23.8 Å². The van der Waals surface area contributed by atoms with Crippen molar-refractivity contribution in [1.29, 1.82) is 0 Å². The van der Waals surface area contributed by atoms with Crippen molar-refractivity contribution in [3.05, 3.63) is 64.2 Å². The summed E-state index contributed by atoms with van der Waals surface area (Å²) in [6, 6.07) is 4.78. The Kier molecular flexibility index (Phi) is 5.39. The number of nitrogens with one attached hydrogen (secondary N) is 1. The Labute approximate surface area is 141 Å². The Morgan fingerprint density at radius 2 is 1.92 bits per heavy atom. The number of halogens is 1. The Morgan fingerprint density at radius 3 is 2.40 bits per heavy atom. The molecule has 0 amide bonds. The predicted octanol–water partition coefficient (Wildman–Crippen LogP) is 1.10. The lowest BCUT2D eigenvalue weighted by Gasteiger charge is -2.14. The Hall–Kier alpha value is -2.92. The number of hydrogen-bond donors (Lipinski definition) is 2. The first-order valence-electron chi connectivity index (χ1n) is 6.79. The molecule has 1 heterocycles. The number of nitrogens with zero attached hydrogens (tertiary/aromatic N) is 2. The highest BCUT2D eigenvalue weighted by molar-refractivity contribution is 7.89. The van der Waals surface area contributed by atoms with Crippen LogP contribution in [0.25, 0.3) is 0 Å². The van der Waals surface area contributed by atoms with Gasteiger partial charge in [0.15, 0.2) is 0 Å². The lowest BCUT2D eigenvalue weighted by molar-refractivity contribution is -0.384. The van der Waals surface area contributed by atoms with E-state index in [1.54, 1.807) is 0 Å². The fraction of sp³-hybridized carbons (Fsp3) is 0.143. The van der Waals surface area contributed by atoms with E-state index in [0.717, 1.165) is 36.5 Å². The number of hydrogen-bond acceptors (Lipinski definition) is 6. The van der Waals surface area contributed by atoms with Crippen molar-refractivity contribution in [2.24, 2.45) is 0 Å². The zero-order valence-corrected chi connectivity index (χ0v) is 13.3. The molecule has 9 nitrogen and oxygen atoms in total. The molecule has 0 spiro atoms. The second kappa shape index (κ2) is 7.32. The van der Waals surface area contributed by atoms with Crippen LogP contribution in [0, 0.1) is 16.1 Å². The maximum Gasteiger partial charge on any atom is 0.322 e. The molecule has 25 heavy (non-hydrogen) atoms. The topological polar surface area (TPSA) is 140 Å². The van der Waals surface area contributed by atoms with E-state index < -0.39 is 32.9 Å². The first-order valence-corrected chi connectivity index (χ1v) is 8.27. The van der Waals surface area contributed by atoms with Gasteiger partial charge >= 0.3 is 5.97 Å². The molecule has 0 fully saturated rings. The molecule has 1 atom stereocenters. The van der Waals surface area contributed by atoms with Crippen molar-refractivity contribution in [2.45, 2.75) is 17.4 Å². The van der Waals surface area contributed by atoms with Crippen molar-refractivity contribution in [2.75, 3.05) is 0 Å². The third kappa shape index (κ3) is 4.78. The van der Waals surface area contributed by atoms with Crippen LogP contribution >= 0.6 is 0 Å². The molecule has 0 saturated carbocycles. The van der Waals surface area contributed by atoms with Crippen molar-refractivity contribution >= 4 is 21.7 Å². The van der Waals surface area contributed by atoms with Crippen molar-refractivity contribution in [3.8, 4) is 0 Å². The molecule has 11 heteroatoms. The van der Waals surface area contributed by atoms with E-state index in [1.165, 1.54) is 6.07 Å². The van der Waals surface area contributed by atoms with E-state index in [1.807, 2.05) is 4.72 Å². The van der Waals surface area contributed by atoms with Gasteiger partial charge in [0, 0.05) is 24.8 Å². The zero-order chi connectivity index (χ0) is 18.6. The van der Waals surface area contributed by atoms with E-state index in [2.05, 4.69) is 4.98 Å². The Bertz CT molecular complexity index is 884. The van der Waals surface area contributed by atoms with Gasteiger partial charge in [-0.1, -0.05) is 6.07 Å². The second-order valence-electron chi connectivity index (χ2n) is 4.96. The van der Waals surface area contributed by atoms with Crippen LogP contribution in [0.4, 0.5) is 10.1 Å². The van der Waals surface area contributed by atoms with Crippen LogP contribution in [0.15, 0.2) is 47.5 Å². The smallest absolute Gasteiger partial charge is 0.322 e. The summed E-state index contributed by atoms with van der Waals surface area (Å²) in [5.41, 5.74) is 0.0197. The third-order valence-electron chi connectivity index (χ3n) is 3.18. The molecule has 0 bridgehead atoms. The molecule has 0 aliphatic heterocycles. The highest BCUT2D eigenvalue weighted by atomic mass is 32.2. The summed E-state index contributed by atoms with van der Waals surface area (Å²) in [5.74, 6) is -2.18. The van der Waals surface area contributed by atoms with Gasteiger partial charge in [-0.3, -0.25) is 14.9 Å². The molecule has 0 aliphatic rings. The van der Waals surface area contributed by atoms with Crippen LogP contribution in [0.5, 0.6) is 0 Å². The fourth-order valence-corrected chi connectivity index (χ4v) is 3.13. The minimum Gasteiger partial charge on any atom is -0.480 e. The van der Waals surface area contributed by atoms with E-state index >= 15 is 0 Å². The zero-order valence-electron chi connectivity index (χ0n) is 12.5. The van der Waals surface area contributed by atoms with Gasteiger partial charge in [0.2, 0.25) is 16.0 Å². The van der Waals surface area contributed by atoms with Crippen molar-refractivity contribution < 1.29 is 27.6 Å². The molecular weight excluding hydrogens is 357 g/mol. The highest BCUT2D eigenvalue weighted by Gasteiger charge is 2.26. The average Bonchev–Trinajstić information content (AvgIpc) is 2.56. The number of carboxylic acid groups (broad SMARTS) is 1. The van der Waals surface area contributed by atoms with E-state index in [4.69, 9.17) is 0 Å². The van der Waals surface area contributed by atoms with Gasteiger partial charge in [-0.2, -0.15) is 9.11 Å². The number of pyridine rings is 1. The summed E-state index contributed by atoms with van der Waals surface area (Å²) in [7, 11) is -4.22. The van der Waals surface area contributed by atoms with Gasteiger partial charge in [-0.15, -0.1) is 0 Å². The normalized spacial score (nSPS) is 12.5. The molecule has 0 radical (unpaired) electrons. The van der Waals surface area contributed by atoms with Crippen LogP contribution in [0.3, 0.4) is 0 Å². The van der Waals surface area contributed by atoms with E-state index in [-0.39, 0.29) is 17.0 Å². The maximum absolute atomic E-state index is 12.8. The maximum atomic E-state index is 12.8.